The second-order valence-electron chi connectivity index (χ2n) is 14.5. The van der Waals surface area contributed by atoms with Crippen molar-refractivity contribution in [3.05, 3.63) is 200 Å². The summed E-state index contributed by atoms with van der Waals surface area (Å²) in [6.45, 7) is 0.824. The zero-order chi connectivity index (χ0) is 37.0. The highest BCUT2D eigenvalue weighted by Gasteiger charge is 2.21. The first-order valence-electron chi connectivity index (χ1n) is 19.2. The molecule has 1 aliphatic rings. The van der Waals surface area contributed by atoms with Crippen LogP contribution in [-0.2, 0) is 0 Å². The van der Waals surface area contributed by atoms with Crippen molar-refractivity contribution in [3.63, 3.8) is 0 Å². The Balaban J connectivity index is 1.07. The molecule has 0 atom stereocenters. The first-order valence-corrected chi connectivity index (χ1v) is 19.2. The number of nitrogens with one attached hydrogen (secondary N) is 1. The van der Waals surface area contributed by atoms with Crippen LogP contribution < -0.4 is 10.2 Å². The average Bonchev–Trinajstić information content (AvgIpc) is 3.64. The second-order valence-corrected chi connectivity index (χ2v) is 14.5. The van der Waals surface area contributed by atoms with Gasteiger partial charge in [0.15, 0.2) is 5.58 Å². The fourth-order valence-electron chi connectivity index (χ4n) is 8.50. The molecule has 0 unspecified atom stereocenters. The number of benzene rings is 9. The Bertz CT molecular complexity index is 3120. The SMILES string of the molecule is C1=Cc2cc3oc4c(N(c5ccc(-c6cccc7ccccc67)cc5)c5ccc(-c6cc(-c7ccccc7)cc7ccccc67)cc5)cccc4c3cc2NC1. The van der Waals surface area contributed by atoms with Gasteiger partial charge in [0.2, 0.25) is 0 Å². The third-order valence-electron chi connectivity index (χ3n) is 11.2. The highest BCUT2D eigenvalue weighted by atomic mass is 16.3. The molecule has 0 saturated heterocycles. The zero-order valence-corrected chi connectivity index (χ0v) is 30.6. The monoisotopic (exact) mass is 716 g/mol. The predicted octanol–water partition coefficient (Wildman–Crippen LogP) is 14.8. The normalized spacial score (nSPS) is 12.3. The van der Waals surface area contributed by atoms with Gasteiger partial charge in [-0.1, -0.05) is 146 Å². The van der Waals surface area contributed by atoms with Gasteiger partial charge < -0.3 is 14.6 Å². The molecule has 1 aliphatic heterocycles. The number of hydrogen-bond acceptors (Lipinski definition) is 3. The lowest BCUT2D eigenvalue weighted by molar-refractivity contribution is 0.669. The molecule has 11 rings (SSSR count). The van der Waals surface area contributed by atoms with Crippen molar-refractivity contribution in [2.24, 2.45) is 0 Å². The second kappa shape index (κ2) is 13.2. The first kappa shape index (κ1) is 32.1. The van der Waals surface area contributed by atoms with Gasteiger partial charge in [0, 0.05) is 39.9 Å². The highest BCUT2D eigenvalue weighted by Crippen LogP contribution is 2.45. The summed E-state index contributed by atoms with van der Waals surface area (Å²) in [5.74, 6) is 0. The van der Waals surface area contributed by atoms with Crippen molar-refractivity contribution in [3.8, 4) is 33.4 Å². The highest BCUT2D eigenvalue weighted by molar-refractivity contribution is 6.12. The summed E-state index contributed by atoms with van der Waals surface area (Å²) in [5.41, 5.74) is 14.3. The minimum absolute atomic E-state index is 0.824. The largest absolute Gasteiger partial charge is 0.454 e. The van der Waals surface area contributed by atoms with Crippen LogP contribution in [0.4, 0.5) is 22.7 Å². The molecule has 1 aromatic heterocycles. The lowest BCUT2D eigenvalue weighted by Gasteiger charge is -2.26. The molecule has 10 aromatic rings. The van der Waals surface area contributed by atoms with Crippen molar-refractivity contribution in [1.82, 2.24) is 0 Å². The van der Waals surface area contributed by atoms with Gasteiger partial charge in [-0.05, 0) is 110 Å². The van der Waals surface area contributed by atoms with Crippen LogP contribution in [0.3, 0.4) is 0 Å². The molecular formula is C53H36N2O. The van der Waals surface area contributed by atoms with Crippen LogP contribution in [0.5, 0.6) is 0 Å². The third-order valence-corrected chi connectivity index (χ3v) is 11.2. The number of anilines is 4. The summed E-state index contributed by atoms with van der Waals surface area (Å²) in [5, 5.41) is 10.7. The van der Waals surface area contributed by atoms with Gasteiger partial charge in [-0.15, -0.1) is 0 Å². The number of para-hydroxylation sites is 1. The van der Waals surface area contributed by atoms with Gasteiger partial charge in [-0.2, -0.15) is 0 Å². The molecule has 56 heavy (non-hydrogen) atoms. The van der Waals surface area contributed by atoms with Crippen molar-refractivity contribution >= 4 is 72.3 Å². The van der Waals surface area contributed by atoms with E-state index in [9.17, 15) is 0 Å². The predicted molar refractivity (Wildman–Crippen MR) is 237 cm³/mol. The molecule has 0 fully saturated rings. The molecule has 0 aliphatic carbocycles. The standard InChI is InChI=1S/C53H36N2O/c1-2-11-35(12-3-1)41-31-39-14-5-7-18-46(39)48(32-41)38-24-28-43(29-25-38)55(42-26-22-37(23-27-42)45-19-8-15-36-13-4-6-17-44(36)45)51-21-9-20-47-49-34-50-40(16-10-30-54-50)33-52(49)56-53(47)51/h1-29,31-34,54H,30H2. The topological polar surface area (TPSA) is 28.4 Å². The summed E-state index contributed by atoms with van der Waals surface area (Å²) in [6, 6.07) is 67.9. The molecular weight excluding hydrogens is 681 g/mol. The maximum Gasteiger partial charge on any atom is 0.159 e. The zero-order valence-electron chi connectivity index (χ0n) is 30.6. The van der Waals surface area contributed by atoms with E-state index in [2.05, 4.69) is 210 Å². The van der Waals surface area contributed by atoms with Gasteiger partial charge in [0.25, 0.3) is 0 Å². The minimum Gasteiger partial charge on any atom is -0.454 e. The Morgan fingerprint density at radius 2 is 1.09 bits per heavy atom. The number of fused-ring (bicyclic) bond motifs is 6. The van der Waals surface area contributed by atoms with Crippen LogP contribution in [0.1, 0.15) is 5.56 Å². The van der Waals surface area contributed by atoms with E-state index in [4.69, 9.17) is 4.42 Å². The van der Waals surface area contributed by atoms with E-state index in [0.29, 0.717) is 0 Å². The van der Waals surface area contributed by atoms with Gasteiger partial charge in [0.05, 0.1) is 5.69 Å². The Morgan fingerprint density at radius 3 is 1.88 bits per heavy atom. The van der Waals surface area contributed by atoms with Crippen molar-refractivity contribution in [2.45, 2.75) is 0 Å². The van der Waals surface area contributed by atoms with Crippen molar-refractivity contribution < 1.29 is 4.42 Å². The van der Waals surface area contributed by atoms with Crippen LogP contribution in [-0.4, -0.2) is 6.54 Å². The maximum absolute atomic E-state index is 6.81. The summed E-state index contributed by atoms with van der Waals surface area (Å²) < 4.78 is 6.81. The molecule has 0 spiro atoms. The first-order chi connectivity index (χ1) is 27.7. The maximum atomic E-state index is 6.81. The van der Waals surface area contributed by atoms with Gasteiger partial charge in [0.1, 0.15) is 5.58 Å². The van der Waals surface area contributed by atoms with E-state index in [1.165, 1.54) is 54.9 Å². The lowest BCUT2D eigenvalue weighted by Crippen LogP contribution is -2.10. The number of nitrogens with zero attached hydrogens (tertiary/aromatic N) is 1. The minimum atomic E-state index is 0.824. The van der Waals surface area contributed by atoms with Gasteiger partial charge >= 0.3 is 0 Å². The molecule has 9 aromatic carbocycles. The van der Waals surface area contributed by atoms with Crippen LogP contribution in [0.25, 0.3) is 82.9 Å². The molecule has 0 saturated carbocycles. The average molecular weight is 717 g/mol. The summed E-state index contributed by atoms with van der Waals surface area (Å²) >= 11 is 0. The molecule has 3 heteroatoms. The van der Waals surface area contributed by atoms with Crippen molar-refractivity contribution in [2.75, 3.05) is 16.8 Å². The van der Waals surface area contributed by atoms with Crippen LogP contribution in [0.15, 0.2) is 199 Å². The molecule has 0 bridgehead atoms. The van der Waals surface area contributed by atoms with Crippen LogP contribution >= 0.6 is 0 Å². The number of furan rings is 1. The molecule has 3 nitrogen and oxygen atoms in total. The van der Waals surface area contributed by atoms with E-state index in [0.717, 1.165) is 56.8 Å². The van der Waals surface area contributed by atoms with Gasteiger partial charge in [-0.3, -0.25) is 0 Å². The summed E-state index contributed by atoms with van der Waals surface area (Å²) in [6.07, 6.45) is 4.32. The Kier molecular flexibility index (Phi) is 7.56. The lowest BCUT2D eigenvalue weighted by atomic mass is 9.93. The van der Waals surface area contributed by atoms with E-state index >= 15 is 0 Å². The summed E-state index contributed by atoms with van der Waals surface area (Å²) in [7, 11) is 0. The van der Waals surface area contributed by atoms with Gasteiger partial charge in [-0.25, -0.2) is 0 Å². The fraction of sp³-hybridized carbons (Fsp3) is 0.0189. The molecule has 0 amide bonds. The van der Waals surface area contributed by atoms with Crippen LogP contribution in [0, 0.1) is 0 Å². The van der Waals surface area contributed by atoms with E-state index in [-0.39, 0.29) is 0 Å². The number of rotatable bonds is 6. The smallest absolute Gasteiger partial charge is 0.159 e. The molecule has 1 N–H and O–H groups in total. The van der Waals surface area contributed by atoms with E-state index in [1.807, 2.05) is 0 Å². The van der Waals surface area contributed by atoms with Crippen LogP contribution in [0.2, 0.25) is 0 Å². The number of hydrogen-bond donors (Lipinski definition) is 1. The Hall–Kier alpha value is -7.36. The quantitative estimate of drug-likeness (QED) is 0.186. The van der Waals surface area contributed by atoms with E-state index < -0.39 is 0 Å². The Labute approximate surface area is 325 Å². The fourth-order valence-corrected chi connectivity index (χ4v) is 8.50. The Morgan fingerprint density at radius 1 is 0.446 bits per heavy atom. The van der Waals surface area contributed by atoms with E-state index in [1.54, 1.807) is 0 Å². The molecule has 2 heterocycles. The summed E-state index contributed by atoms with van der Waals surface area (Å²) in [4.78, 5) is 2.33. The molecule has 0 radical (unpaired) electrons. The van der Waals surface area contributed by atoms with Crippen molar-refractivity contribution in [1.29, 1.82) is 0 Å². The third kappa shape index (κ3) is 5.44. The molecule has 264 valence electrons.